The van der Waals surface area contributed by atoms with Gasteiger partial charge in [-0.15, -0.1) is 0 Å². The Hall–Kier alpha value is -0.870. The van der Waals surface area contributed by atoms with E-state index in [9.17, 15) is 4.79 Å². The number of hydrogen-bond acceptors (Lipinski definition) is 2. The standard InChI is InChI=1S/C11H14BrNO2/c1-7-3-8(5-9(12)4-7)10(13-2)6-11(14)15/h3-5,10,13H,6H2,1-2H3,(H,14,15). The summed E-state index contributed by atoms with van der Waals surface area (Å²) in [6.07, 6.45) is 0.0897. The first kappa shape index (κ1) is 12.2. The highest BCUT2D eigenvalue weighted by molar-refractivity contribution is 9.10. The molecule has 1 unspecified atom stereocenters. The maximum Gasteiger partial charge on any atom is 0.305 e. The number of carbonyl (C=O) groups is 1. The average Bonchev–Trinajstić information content (AvgIpc) is 2.12. The van der Waals surface area contributed by atoms with E-state index in [1.807, 2.05) is 25.1 Å². The van der Waals surface area contributed by atoms with E-state index in [0.29, 0.717) is 0 Å². The Labute approximate surface area is 97.6 Å². The van der Waals surface area contributed by atoms with E-state index < -0.39 is 5.97 Å². The van der Waals surface area contributed by atoms with Crippen LogP contribution < -0.4 is 5.32 Å². The number of aliphatic carboxylic acids is 1. The van der Waals surface area contributed by atoms with Crippen LogP contribution in [0, 0.1) is 6.92 Å². The zero-order valence-electron chi connectivity index (χ0n) is 8.75. The summed E-state index contributed by atoms with van der Waals surface area (Å²) in [7, 11) is 1.77. The molecule has 1 rings (SSSR count). The first-order chi connectivity index (χ1) is 7.02. The van der Waals surface area contributed by atoms with Crippen LogP contribution in [0.15, 0.2) is 22.7 Å². The fourth-order valence-corrected chi connectivity index (χ4v) is 2.15. The van der Waals surface area contributed by atoms with E-state index in [4.69, 9.17) is 5.11 Å². The highest BCUT2D eigenvalue weighted by Gasteiger charge is 2.13. The second-order valence-electron chi connectivity index (χ2n) is 3.50. The van der Waals surface area contributed by atoms with Crippen LogP contribution >= 0.6 is 15.9 Å². The fourth-order valence-electron chi connectivity index (χ4n) is 1.53. The largest absolute Gasteiger partial charge is 0.481 e. The van der Waals surface area contributed by atoms with Gasteiger partial charge in [-0.1, -0.05) is 22.0 Å². The lowest BCUT2D eigenvalue weighted by molar-refractivity contribution is -0.137. The second-order valence-corrected chi connectivity index (χ2v) is 4.42. The molecule has 3 nitrogen and oxygen atoms in total. The Bertz CT molecular complexity index is 345. The summed E-state index contributed by atoms with van der Waals surface area (Å²) < 4.78 is 0.975. The molecule has 4 heteroatoms. The van der Waals surface area contributed by atoms with Gasteiger partial charge >= 0.3 is 5.97 Å². The molecule has 0 amide bonds. The third-order valence-electron chi connectivity index (χ3n) is 2.19. The van der Waals surface area contributed by atoms with E-state index in [1.165, 1.54) is 0 Å². The van der Waals surface area contributed by atoms with Crippen molar-refractivity contribution >= 4 is 21.9 Å². The van der Waals surface area contributed by atoms with Gasteiger partial charge in [-0.25, -0.2) is 0 Å². The van der Waals surface area contributed by atoms with Crippen molar-refractivity contribution in [2.45, 2.75) is 19.4 Å². The number of benzene rings is 1. The molecule has 0 heterocycles. The van der Waals surface area contributed by atoms with Gasteiger partial charge in [0.2, 0.25) is 0 Å². The maximum atomic E-state index is 10.7. The van der Waals surface area contributed by atoms with Crippen LogP contribution in [0.4, 0.5) is 0 Å². The monoisotopic (exact) mass is 271 g/mol. The van der Waals surface area contributed by atoms with E-state index in [1.54, 1.807) is 7.05 Å². The predicted octanol–water partition coefficient (Wildman–Crippen LogP) is 2.49. The Balaban J connectivity index is 2.95. The van der Waals surface area contributed by atoms with E-state index in [2.05, 4.69) is 21.2 Å². The van der Waals surface area contributed by atoms with Crippen molar-refractivity contribution in [1.82, 2.24) is 5.32 Å². The molecule has 0 radical (unpaired) electrons. The van der Waals surface area contributed by atoms with Gasteiger partial charge in [0.05, 0.1) is 6.42 Å². The third-order valence-corrected chi connectivity index (χ3v) is 2.65. The highest BCUT2D eigenvalue weighted by atomic mass is 79.9. The van der Waals surface area contributed by atoms with Gasteiger partial charge in [-0.2, -0.15) is 0 Å². The number of rotatable bonds is 4. The lowest BCUT2D eigenvalue weighted by Crippen LogP contribution is -2.19. The van der Waals surface area contributed by atoms with E-state index in [-0.39, 0.29) is 12.5 Å². The smallest absolute Gasteiger partial charge is 0.305 e. The van der Waals surface area contributed by atoms with Crippen LogP contribution in [0.25, 0.3) is 0 Å². The molecule has 0 spiro atoms. The molecular weight excluding hydrogens is 258 g/mol. The van der Waals surface area contributed by atoms with Crippen LogP contribution in [-0.4, -0.2) is 18.1 Å². The molecular formula is C11H14BrNO2. The quantitative estimate of drug-likeness (QED) is 0.885. The minimum atomic E-state index is -0.799. The molecule has 0 bridgehead atoms. The normalized spacial score (nSPS) is 12.5. The Kier molecular flexibility index (Phi) is 4.29. The minimum absolute atomic E-state index is 0.0897. The second kappa shape index (κ2) is 5.28. The van der Waals surface area contributed by atoms with Crippen LogP contribution in [0.5, 0.6) is 0 Å². The molecule has 1 aromatic carbocycles. The topological polar surface area (TPSA) is 49.3 Å². The van der Waals surface area contributed by atoms with Gasteiger partial charge in [0.1, 0.15) is 0 Å². The molecule has 82 valence electrons. The zero-order chi connectivity index (χ0) is 11.4. The summed E-state index contributed by atoms with van der Waals surface area (Å²) in [6.45, 7) is 1.99. The molecule has 0 aliphatic heterocycles. The molecule has 0 aliphatic carbocycles. The molecule has 0 saturated heterocycles. The predicted molar refractivity (Wildman–Crippen MR) is 62.9 cm³/mol. The summed E-state index contributed by atoms with van der Waals surface area (Å²) in [4.78, 5) is 10.7. The molecule has 0 saturated carbocycles. The summed E-state index contributed by atoms with van der Waals surface area (Å²) in [5.41, 5.74) is 2.11. The number of hydrogen-bond donors (Lipinski definition) is 2. The minimum Gasteiger partial charge on any atom is -0.481 e. The summed E-state index contributed by atoms with van der Waals surface area (Å²) in [5, 5.41) is 11.8. The number of halogens is 1. The van der Waals surface area contributed by atoms with Crippen LogP contribution in [-0.2, 0) is 4.79 Å². The van der Waals surface area contributed by atoms with Crippen LogP contribution in [0.3, 0.4) is 0 Å². The first-order valence-corrected chi connectivity index (χ1v) is 5.48. The summed E-state index contributed by atoms with van der Waals surface area (Å²) >= 11 is 3.40. The summed E-state index contributed by atoms with van der Waals surface area (Å²) in [5.74, 6) is -0.799. The van der Waals surface area contributed by atoms with Crippen molar-refractivity contribution in [2.24, 2.45) is 0 Å². The molecule has 2 N–H and O–H groups in total. The molecule has 1 atom stereocenters. The molecule has 1 aromatic rings. The zero-order valence-corrected chi connectivity index (χ0v) is 10.3. The van der Waals surface area contributed by atoms with Crippen LogP contribution in [0.2, 0.25) is 0 Å². The Morgan fingerprint density at radius 1 is 1.53 bits per heavy atom. The van der Waals surface area contributed by atoms with Gasteiger partial charge < -0.3 is 10.4 Å². The lowest BCUT2D eigenvalue weighted by atomic mass is 10.0. The van der Waals surface area contributed by atoms with E-state index >= 15 is 0 Å². The highest BCUT2D eigenvalue weighted by Crippen LogP contribution is 2.22. The van der Waals surface area contributed by atoms with Gasteiger partial charge in [-0.05, 0) is 37.2 Å². The fraction of sp³-hybridized carbons (Fsp3) is 0.364. The van der Waals surface area contributed by atoms with Gasteiger partial charge in [0.25, 0.3) is 0 Å². The first-order valence-electron chi connectivity index (χ1n) is 4.69. The van der Waals surface area contributed by atoms with Crippen molar-refractivity contribution in [3.63, 3.8) is 0 Å². The number of nitrogens with one attached hydrogen (secondary N) is 1. The Morgan fingerprint density at radius 3 is 2.67 bits per heavy atom. The maximum absolute atomic E-state index is 10.7. The van der Waals surface area contributed by atoms with Crippen molar-refractivity contribution < 1.29 is 9.90 Å². The molecule has 0 fully saturated rings. The SMILES string of the molecule is CNC(CC(=O)O)c1cc(C)cc(Br)c1. The van der Waals surface area contributed by atoms with Gasteiger partial charge in [0, 0.05) is 10.5 Å². The van der Waals surface area contributed by atoms with Gasteiger partial charge in [0.15, 0.2) is 0 Å². The lowest BCUT2D eigenvalue weighted by Gasteiger charge is -2.15. The van der Waals surface area contributed by atoms with E-state index in [0.717, 1.165) is 15.6 Å². The van der Waals surface area contributed by atoms with Gasteiger partial charge in [-0.3, -0.25) is 4.79 Å². The number of carboxylic acid groups (broad SMARTS) is 1. The summed E-state index contributed by atoms with van der Waals surface area (Å²) in [6, 6.07) is 5.79. The number of carboxylic acids is 1. The van der Waals surface area contributed by atoms with Crippen molar-refractivity contribution in [2.75, 3.05) is 7.05 Å². The molecule has 0 aliphatic rings. The van der Waals surface area contributed by atoms with Crippen molar-refractivity contribution in [3.05, 3.63) is 33.8 Å². The average molecular weight is 272 g/mol. The Morgan fingerprint density at radius 2 is 2.20 bits per heavy atom. The molecule has 0 aromatic heterocycles. The number of aryl methyl sites for hydroxylation is 1. The van der Waals surface area contributed by atoms with Crippen molar-refractivity contribution in [3.8, 4) is 0 Å². The van der Waals surface area contributed by atoms with Crippen LogP contribution in [0.1, 0.15) is 23.6 Å². The van der Waals surface area contributed by atoms with Crippen molar-refractivity contribution in [1.29, 1.82) is 0 Å². The molecule has 15 heavy (non-hydrogen) atoms. The third kappa shape index (κ3) is 3.64.